The second kappa shape index (κ2) is 4.51. The van der Waals surface area contributed by atoms with Crippen LogP contribution in [0.5, 0.6) is 0 Å². The number of aromatic nitrogens is 2. The molecule has 13 heavy (non-hydrogen) atoms. The number of carbonyl (C=O) groups is 1. The maximum Gasteiger partial charge on any atom is 0.307 e. The molecule has 0 unspecified atom stereocenters. The van der Waals surface area contributed by atoms with E-state index in [1.54, 1.807) is 12.3 Å². The first-order valence-corrected chi connectivity index (χ1v) is 3.82. The lowest BCUT2D eigenvalue weighted by atomic mass is 10.1. The molecule has 0 aliphatic carbocycles. The molecule has 0 bridgehead atoms. The molecule has 1 heterocycles. The van der Waals surface area contributed by atoms with Crippen LogP contribution in [-0.4, -0.2) is 23.0 Å². The van der Waals surface area contributed by atoms with Crippen molar-refractivity contribution in [3.8, 4) is 0 Å². The van der Waals surface area contributed by atoms with Crippen molar-refractivity contribution in [3.05, 3.63) is 24.3 Å². The Balaban J connectivity index is 2.59. The zero-order valence-electron chi connectivity index (χ0n) is 7.30. The lowest BCUT2D eigenvalue weighted by Gasteiger charge is -2.07. The van der Waals surface area contributed by atoms with Crippen LogP contribution in [0, 0.1) is 0 Å². The fourth-order valence-corrected chi connectivity index (χ4v) is 0.888. The zero-order valence-corrected chi connectivity index (χ0v) is 7.30. The Bertz CT molecular complexity index is 276. The smallest absolute Gasteiger partial charge is 0.307 e. The van der Waals surface area contributed by atoms with Crippen LogP contribution in [0.15, 0.2) is 18.6 Å². The first-order chi connectivity index (χ1) is 6.24. The Kier molecular flexibility index (Phi) is 3.33. The summed E-state index contributed by atoms with van der Waals surface area (Å²) in [5, 5.41) is 0. The lowest BCUT2D eigenvalue weighted by molar-refractivity contribution is -0.141. The second-order valence-corrected chi connectivity index (χ2v) is 2.52. The number of hydrogen-bond donors (Lipinski definition) is 1. The molecule has 0 saturated carbocycles. The molecule has 0 aliphatic heterocycles. The van der Waals surface area contributed by atoms with E-state index in [-0.39, 0.29) is 12.4 Å². The highest BCUT2D eigenvalue weighted by atomic mass is 16.5. The van der Waals surface area contributed by atoms with E-state index in [9.17, 15) is 4.79 Å². The summed E-state index contributed by atoms with van der Waals surface area (Å²) in [7, 11) is 1.33. The number of carbonyl (C=O) groups excluding carboxylic acids is 1. The number of methoxy groups -OCH3 is 1. The molecular weight excluding hydrogens is 170 g/mol. The van der Waals surface area contributed by atoms with Gasteiger partial charge in [-0.15, -0.1) is 0 Å². The predicted octanol–water partition coefficient (Wildman–Crippen LogP) is 0.0395. The first kappa shape index (κ1) is 9.60. The largest absolute Gasteiger partial charge is 0.469 e. The first-order valence-electron chi connectivity index (χ1n) is 3.82. The van der Waals surface area contributed by atoms with Crippen LogP contribution in [0.1, 0.15) is 18.2 Å². The number of esters is 1. The van der Waals surface area contributed by atoms with Gasteiger partial charge in [-0.05, 0) is 6.07 Å². The highest BCUT2D eigenvalue weighted by Crippen LogP contribution is 2.09. The summed E-state index contributed by atoms with van der Waals surface area (Å²) in [5.74, 6) is -0.342. The van der Waals surface area contributed by atoms with Crippen LogP contribution in [0.2, 0.25) is 0 Å². The molecule has 1 aromatic rings. The summed E-state index contributed by atoms with van der Waals surface area (Å²) in [4.78, 5) is 18.5. The van der Waals surface area contributed by atoms with E-state index in [1.165, 1.54) is 13.4 Å². The van der Waals surface area contributed by atoms with Gasteiger partial charge in [-0.3, -0.25) is 4.79 Å². The van der Waals surface area contributed by atoms with Crippen molar-refractivity contribution in [3.63, 3.8) is 0 Å². The van der Waals surface area contributed by atoms with E-state index in [0.29, 0.717) is 5.69 Å². The van der Waals surface area contributed by atoms with E-state index in [4.69, 9.17) is 5.73 Å². The molecular formula is C8H11N3O2. The van der Waals surface area contributed by atoms with Crippen molar-refractivity contribution >= 4 is 5.97 Å². The van der Waals surface area contributed by atoms with Crippen LogP contribution in [-0.2, 0) is 9.53 Å². The quantitative estimate of drug-likeness (QED) is 0.666. The van der Waals surface area contributed by atoms with Gasteiger partial charge in [-0.25, -0.2) is 9.97 Å². The Morgan fingerprint density at radius 3 is 3.08 bits per heavy atom. The number of nitrogens with zero attached hydrogens (tertiary/aromatic N) is 2. The van der Waals surface area contributed by atoms with Gasteiger partial charge in [-0.2, -0.15) is 0 Å². The topological polar surface area (TPSA) is 78.1 Å². The third-order valence-electron chi connectivity index (χ3n) is 1.60. The van der Waals surface area contributed by atoms with Crippen molar-refractivity contribution in [1.29, 1.82) is 0 Å². The zero-order chi connectivity index (χ0) is 9.68. The monoisotopic (exact) mass is 181 g/mol. The summed E-state index contributed by atoms with van der Waals surface area (Å²) < 4.78 is 4.48. The second-order valence-electron chi connectivity index (χ2n) is 2.52. The fourth-order valence-electron chi connectivity index (χ4n) is 0.888. The van der Waals surface area contributed by atoms with Gasteiger partial charge in [0.15, 0.2) is 0 Å². The molecule has 1 atom stereocenters. The Morgan fingerprint density at radius 2 is 2.54 bits per heavy atom. The summed E-state index contributed by atoms with van der Waals surface area (Å²) in [5.41, 5.74) is 6.32. The minimum absolute atomic E-state index is 0.132. The molecule has 0 aromatic carbocycles. The van der Waals surface area contributed by atoms with Crippen molar-refractivity contribution < 1.29 is 9.53 Å². The van der Waals surface area contributed by atoms with E-state index in [0.717, 1.165) is 0 Å². The molecule has 0 aliphatic rings. The van der Waals surface area contributed by atoms with E-state index in [2.05, 4.69) is 14.7 Å². The molecule has 1 rings (SSSR count). The molecule has 5 nitrogen and oxygen atoms in total. The number of rotatable bonds is 3. The molecule has 0 radical (unpaired) electrons. The van der Waals surface area contributed by atoms with E-state index < -0.39 is 6.04 Å². The van der Waals surface area contributed by atoms with Crippen LogP contribution < -0.4 is 5.73 Å². The van der Waals surface area contributed by atoms with Crippen molar-refractivity contribution in [2.45, 2.75) is 12.5 Å². The van der Waals surface area contributed by atoms with Gasteiger partial charge in [0.05, 0.1) is 25.3 Å². The highest BCUT2D eigenvalue weighted by molar-refractivity contribution is 5.70. The lowest BCUT2D eigenvalue weighted by Crippen LogP contribution is -2.17. The Morgan fingerprint density at radius 1 is 1.77 bits per heavy atom. The molecule has 2 N–H and O–H groups in total. The molecule has 0 amide bonds. The summed E-state index contributed by atoms with van der Waals surface area (Å²) in [6.07, 6.45) is 3.11. The van der Waals surface area contributed by atoms with Gasteiger partial charge in [0.25, 0.3) is 0 Å². The van der Waals surface area contributed by atoms with Crippen molar-refractivity contribution in [1.82, 2.24) is 9.97 Å². The maximum atomic E-state index is 10.8. The van der Waals surface area contributed by atoms with Gasteiger partial charge in [0.1, 0.15) is 6.33 Å². The molecule has 0 spiro atoms. The Labute approximate surface area is 75.9 Å². The van der Waals surface area contributed by atoms with Gasteiger partial charge in [0, 0.05) is 6.20 Å². The third-order valence-corrected chi connectivity index (χ3v) is 1.60. The highest BCUT2D eigenvalue weighted by Gasteiger charge is 2.12. The molecule has 1 aromatic heterocycles. The van der Waals surface area contributed by atoms with E-state index in [1.807, 2.05) is 0 Å². The Hall–Kier alpha value is -1.49. The van der Waals surface area contributed by atoms with Crippen LogP contribution in [0.3, 0.4) is 0 Å². The normalized spacial score (nSPS) is 12.2. The van der Waals surface area contributed by atoms with Crippen LogP contribution >= 0.6 is 0 Å². The van der Waals surface area contributed by atoms with Gasteiger partial charge in [0.2, 0.25) is 0 Å². The predicted molar refractivity (Wildman–Crippen MR) is 45.6 cm³/mol. The van der Waals surface area contributed by atoms with E-state index >= 15 is 0 Å². The summed E-state index contributed by atoms with van der Waals surface area (Å²) in [6.45, 7) is 0. The minimum atomic E-state index is -0.421. The van der Waals surface area contributed by atoms with Crippen LogP contribution in [0.25, 0.3) is 0 Å². The summed E-state index contributed by atoms with van der Waals surface area (Å²) >= 11 is 0. The average Bonchev–Trinajstić information content (AvgIpc) is 2.19. The SMILES string of the molecule is COC(=O)C[C@@H](N)c1ccncn1. The average molecular weight is 181 g/mol. The maximum absolute atomic E-state index is 10.8. The van der Waals surface area contributed by atoms with Crippen molar-refractivity contribution in [2.24, 2.45) is 5.73 Å². The van der Waals surface area contributed by atoms with Gasteiger partial charge < -0.3 is 10.5 Å². The third kappa shape index (κ3) is 2.79. The molecule has 0 fully saturated rings. The standard InChI is InChI=1S/C8H11N3O2/c1-13-8(12)4-6(9)7-2-3-10-5-11-7/h2-3,5-6H,4,9H2,1H3/t6-/m1/s1. The molecule has 5 heteroatoms. The minimum Gasteiger partial charge on any atom is -0.469 e. The summed E-state index contributed by atoms with van der Waals surface area (Å²) in [6, 6.07) is 1.25. The number of nitrogens with two attached hydrogens (primary N) is 1. The fraction of sp³-hybridized carbons (Fsp3) is 0.375. The van der Waals surface area contributed by atoms with Gasteiger partial charge >= 0.3 is 5.97 Å². The molecule has 0 saturated heterocycles. The number of ether oxygens (including phenoxy) is 1. The van der Waals surface area contributed by atoms with Crippen LogP contribution in [0.4, 0.5) is 0 Å². The number of hydrogen-bond acceptors (Lipinski definition) is 5. The van der Waals surface area contributed by atoms with Crippen molar-refractivity contribution in [2.75, 3.05) is 7.11 Å². The van der Waals surface area contributed by atoms with Gasteiger partial charge in [-0.1, -0.05) is 0 Å². The molecule has 70 valence electrons.